The van der Waals surface area contributed by atoms with Crippen LogP contribution in [0.4, 0.5) is 4.79 Å². The predicted molar refractivity (Wildman–Crippen MR) is 90.8 cm³/mol. The number of carbonyl (C=O) groups excluding carboxylic acids is 1. The zero-order chi connectivity index (χ0) is 16.9. The first-order valence-corrected chi connectivity index (χ1v) is 8.92. The van der Waals surface area contributed by atoms with Crippen LogP contribution in [0.15, 0.2) is 12.2 Å². The van der Waals surface area contributed by atoms with Crippen molar-refractivity contribution in [2.45, 2.75) is 71.3 Å². The topological polar surface area (TPSA) is 53.3 Å². The molecule has 0 aromatic rings. The van der Waals surface area contributed by atoms with E-state index in [9.17, 15) is 4.79 Å². The Hall–Kier alpha value is -1.50. The highest BCUT2D eigenvalue weighted by Gasteiger charge is 2.41. The molecule has 0 aromatic heterocycles. The molecule has 1 amide bonds. The lowest BCUT2D eigenvalue weighted by atomic mass is 9.63. The van der Waals surface area contributed by atoms with Gasteiger partial charge in [0.25, 0.3) is 0 Å². The third-order valence-electron chi connectivity index (χ3n) is 5.25. The van der Waals surface area contributed by atoms with Crippen LogP contribution in [0.1, 0.15) is 65.7 Å². The first-order chi connectivity index (χ1) is 10.9. The molecule has 2 rings (SSSR count). The van der Waals surface area contributed by atoms with Gasteiger partial charge in [-0.15, -0.1) is 0 Å². The van der Waals surface area contributed by atoms with Gasteiger partial charge in [-0.3, -0.25) is 0 Å². The Labute approximate surface area is 140 Å². The summed E-state index contributed by atoms with van der Waals surface area (Å²) in [6.45, 7) is 7.15. The Kier molecular flexibility index (Phi) is 5.73. The van der Waals surface area contributed by atoms with Crippen molar-refractivity contribution >= 4 is 6.09 Å². The van der Waals surface area contributed by atoms with E-state index in [1.54, 1.807) is 6.08 Å². The number of likely N-dealkylation sites (tertiary alicyclic amines) is 1. The molecule has 128 valence electrons. The largest absolute Gasteiger partial charge is 0.444 e. The van der Waals surface area contributed by atoms with Gasteiger partial charge in [0.15, 0.2) is 0 Å². The molecule has 0 spiro atoms. The van der Waals surface area contributed by atoms with Gasteiger partial charge in [0.1, 0.15) is 5.60 Å². The zero-order valence-corrected chi connectivity index (χ0v) is 14.8. The summed E-state index contributed by atoms with van der Waals surface area (Å²) in [5, 5.41) is 8.96. The highest BCUT2D eigenvalue weighted by molar-refractivity contribution is 5.68. The molecule has 0 N–H and O–H groups in total. The fourth-order valence-corrected chi connectivity index (χ4v) is 4.02. The molecule has 4 nitrogen and oxygen atoms in total. The van der Waals surface area contributed by atoms with Gasteiger partial charge in [-0.1, -0.05) is 25.3 Å². The van der Waals surface area contributed by atoms with Gasteiger partial charge >= 0.3 is 6.09 Å². The highest BCUT2D eigenvalue weighted by Crippen LogP contribution is 2.47. The molecule has 1 aliphatic heterocycles. The quantitative estimate of drug-likeness (QED) is 0.696. The second-order valence-electron chi connectivity index (χ2n) is 8.00. The number of amides is 1. The number of rotatable bonds is 2. The van der Waals surface area contributed by atoms with Crippen molar-refractivity contribution in [3.05, 3.63) is 12.2 Å². The molecule has 1 saturated heterocycles. The van der Waals surface area contributed by atoms with Crippen LogP contribution in [-0.4, -0.2) is 29.7 Å². The van der Waals surface area contributed by atoms with Crippen molar-refractivity contribution in [3.63, 3.8) is 0 Å². The molecule has 1 heterocycles. The maximum absolute atomic E-state index is 12.2. The summed E-state index contributed by atoms with van der Waals surface area (Å²) in [7, 11) is 0. The Bertz CT molecular complexity index is 471. The molecule has 1 saturated carbocycles. The second-order valence-corrected chi connectivity index (χ2v) is 8.00. The molecule has 0 atom stereocenters. The van der Waals surface area contributed by atoms with Crippen LogP contribution in [0.5, 0.6) is 0 Å². The van der Waals surface area contributed by atoms with Crippen molar-refractivity contribution in [3.8, 4) is 6.07 Å². The summed E-state index contributed by atoms with van der Waals surface area (Å²) in [4.78, 5) is 14.1. The Morgan fingerprint density at radius 2 is 1.83 bits per heavy atom. The molecule has 23 heavy (non-hydrogen) atoms. The number of carbonyl (C=O) groups is 1. The van der Waals surface area contributed by atoms with E-state index >= 15 is 0 Å². The molecule has 0 aromatic carbocycles. The van der Waals surface area contributed by atoms with Gasteiger partial charge < -0.3 is 9.64 Å². The summed E-state index contributed by atoms with van der Waals surface area (Å²) in [6.07, 6.45) is 11.9. The molecular weight excluding hydrogens is 288 g/mol. The van der Waals surface area contributed by atoms with Crippen molar-refractivity contribution in [2.75, 3.05) is 13.1 Å². The number of hydrogen-bond donors (Lipinski definition) is 0. The summed E-state index contributed by atoms with van der Waals surface area (Å²) in [6, 6.07) is 2.16. The van der Waals surface area contributed by atoms with Crippen LogP contribution < -0.4 is 0 Å². The summed E-state index contributed by atoms with van der Waals surface area (Å²) in [5.41, 5.74) is -0.357. The lowest BCUT2D eigenvalue weighted by Crippen LogP contribution is -2.47. The van der Waals surface area contributed by atoms with E-state index < -0.39 is 5.60 Å². The average Bonchev–Trinajstić information content (AvgIpc) is 2.52. The number of nitriles is 1. The van der Waals surface area contributed by atoms with Gasteiger partial charge in [-0.2, -0.15) is 5.26 Å². The van der Waals surface area contributed by atoms with E-state index in [4.69, 9.17) is 10.00 Å². The van der Waals surface area contributed by atoms with Crippen LogP contribution in [0.3, 0.4) is 0 Å². The SMILES string of the molecule is CC(C)(C)OC(=O)N1CCC(/C=C/C#N)(C2CCCCC2)CC1. The maximum atomic E-state index is 12.2. The minimum atomic E-state index is -0.449. The van der Waals surface area contributed by atoms with Crippen molar-refractivity contribution in [1.29, 1.82) is 5.26 Å². The fraction of sp³-hybridized carbons (Fsp3) is 0.789. The molecule has 0 radical (unpaired) electrons. The third kappa shape index (κ3) is 4.73. The van der Waals surface area contributed by atoms with Crippen LogP contribution in [-0.2, 0) is 4.74 Å². The average molecular weight is 318 g/mol. The van der Waals surface area contributed by atoms with E-state index in [0.29, 0.717) is 5.92 Å². The zero-order valence-electron chi connectivity index (χ0n) is 14.8. The number of ether oxygens (including phenoxy) is 1. The Morgan fingerprint density at radius 1 is 1.22 bits per heavy atom. The molecular formula is C19H30N2O2. The van der Waals surface area contributed by atoms with Gasteiger partial charge in [0.05, 0.1) is 6.07 Å². The monoisotopic (exact) mass is 318 g/mol. The van der Waals surface area contributed by atoms with Crippen LogP contribution >= 0.6 is 0 Å². The molecule has 2 fully saturated rings. The van der Waals surface area contributed by atoms with Gasteiger partial charge in [0, 0.05) is 19.2 Å². The molecule has 2 aliphatic rings. The van der Waals surface area contributed by atoms with Crippen molar-refractivity contribution in [1.82, 2.24) is 4.90 Å². The normalized spacial score (nSPS) is 22.8. The highest BCUT2D eigenvalue weighted by atomic mass is 16.6. The minimum Gasteiger partial charge on any atom is -0.444 e. The van der Waals surface area contributed by atoms with Crippen LogP contribution in [0.25, 0.3) is 0 Å². The molecule has 4 heteroatoms. The summed E-state index contributed by atoms with van der Waals surface area (Å²) >= 11 is 0. The first-order valence-electron chi connectivity index (χ1n) is 8.92. The number of hydrogen-bond acceptors (Lipinski definition) is 3. The van der Waals surface area contributed by atoms with E-state index in [2.05, 4.69) is 12.1 Å². The van der Waals surface area contributed by atoms with E-state index in [1.165, 1.54) is 32.1 Å². The molecule has 0 unspecified atom stereocenters. The van der Waals surface area contributed by atoms with E-state index in [1.807, 2.05) is 25.7 Å². The number of nitrogens with zero attached hydrogens (tertiary/aromatic N) is 2. The van der Waals surface area contributed by atoms with Gasteiger partial charge in [0.2, 0.25) is 0 Å². The van der Waals surface area contributed by atoms with E-state index in [-0.39, 0.29) is 11.5 Å². The minimum absolute atomic E-state index is 0.0919. The van der Waals surface area contributed by atoms with Crippen molar-refractivity contribution < 1.29 is 9.53 Å². The lowest BCUT2D eigenvalue weighted by Gasteiger charge is -2.46. The molecule has 1 aliphatic carbocycles. The smallest absolute Gasteiger partial charge is 0.410 e. The lowest BCUT2D eigenvalue weighted by molar-refractivity contribution is 0.00578. The maximum Gasteiger partial charge on any atom is 0.410 e. The van der Waals surface area contributed by atoms with Crippen molar-refractivity contribution in [2.24, 2.45) is 11.3 Å². The number of allylic oxidation sites excluding steroid dienone is 2. The van der Waals surface area contributed by atoms with Gasteiger partial charge in [-0.05, 0) is 57.8 Å². The Balaban J connectivity index is 2.03. The summed E-state index contributed by atoms with van der Waals surface area (Å²) < 4.78 is 5.49. The predicted octanol–water partition coefficient (Wildman–Crippen LogP) is 4.66. The summed E-state index contributed by atoms with van der Waals surface area (Å²) in [5.74, 6) is 0.654. The first kappa shape index (κ1) is 17.8. The van der Waals surface area contributed by atoms with Crippen LogP contribution in [0, 0.1) is 22.7 Å². The second kappa shape index (κ2) is 7.38. The fourth-order valence-electron chi connectivity index (χ4n) is 4.02. The van der Waals surface area contributed by atoms with E-state index in [0.717, 1.165) is 25.9 Å². The van der Waals surface area contributed by atoms with Crippen LogP contribution in [0.2, 0.25) is 0 Å². The standard InChI is InChI=1S/C19H30N2O2/c1-18(2,3)23-17(22)21-14-11-19(12-15-21,10-7-13-20)16-8-5-4-6-9-16/h7,10,16H,4-6,8-9,11-12,14-15H2,1-3H3/b10-7+. The Morgan fingerprint density at radius 3 is 2.35 bits per heavy atom. The van der Waals surface area contributed by atoms with Gasteiger partial charge in [-0.25, -0.2) is 4.79 Å². The third-order valence-corrected chi connectivity index (χ3v) is 5.25. The number of piperidine rings is 1. The molecule has 0 bridgehead atoms.